The molecule has 8 rings (SSSR count). The summed E-state index contributed by atoms with van der Waals surface area (Å²) in [6, 6.07) is 15.6. The molecule has 56 heavy (non-hydrogen) atoms. The number of benzene rings is 2. The highest BCUT2D eigenvalue weighted by Crippen LogP contribution is 2.31. The fourth-order valence-corrected chi connectivity index (χ4v) is 7.33. The van der Waals surface area contributed by atoms with E-state index in [2.05, 4.69) is 40.5 Å². The van der Waals surface area contributed by atoms with Gasteiger partial charge in [-0.05, 0) is 80.2 Å². The second-order valence-corrected chi connectivity index (χ2v) is 16.1. The molecule has 4 aromatic heterocycles. The van der Waals surface area contributed by atoms with Gasteiger partial charge in [0.15, 0.2) is 39.1 Å². The molecule has 0 amide bonds. The van der Waals surface area contributed by atoms with E-state index < -0.39 is 9.84 Å². The van der Waals surface area contributed by atoms with Crippen LogP contribution in [0.4, 0.5) is 11.6 Å². The van der Waals surface area contributed by atoms with E-state index in [1.165, 1.54) is 11.8 Å². The monoisotopic (exact) mass is 802 g/mol. The van der Waals surface area contributed by atoms with Gasteiger partial charge in [0.2, 0.25) is 9.84 Å². The number of rotatable bonds is 12. The molecule has 16 nitrogen and oxygen atoms in total. The first-order chi connectivity index (χ1) is 27.2. The molecule has 2 aromatic carbocycles. The number of hydrogen-bond acceptors (Lipinski definition) is 15. The van der Waals surface area contributed by atoms with Crippen molar-refractivity contribution in [2.75, 3.05) is 50.6 Å². The van der Waals surface area contributed by atoms with Gasteiger partial charge < -0.3 is 29.6 Å². The maximum Gasteiger partial charge on any atom is 0.250 e. The van der Waals surface area contributed by atoms with Gasteiger partial charge in [0.05, 0.1) is 26.9 Å². The van der Waals surface area contributed by atoms with E-state index in [-0.39, 0.29) is 17.6 Å². The van der Waals surface area contributed by atoms with E-state index >= 15 is 0 Å². The molecule has 0 aliphatic carbocycles. The molecule has 2 fully saturated rings. The summed E-state index contributed by atoms with van der Waals surface area (Å²) in [5, 5.41) is 7.09. The third-order valence-corrected chi connectivity index (χ3v) is 10.9. The lowest BCUT2D eigenvalue weighted by Crippen LogP contribution is -2.18. The standard InChI is InChI=1S/C19H23N5O4S.C19H23N5O2S/c1-27-14-8-6-13(7-9-14)11-20-17-16-18(23-19(22-17)29(2,25)26)24(12-21-16)15-5-3-4-10-28-15;1-25-14-8-6-13(7-9-14)11-20-17-16-18(23-19(22-17)27-2)24(12-21-16)15-5-3-4-10-26-15/h6-9,12,15H,3-5,10-11H2,1-2H3,(H,20,22,23);6-9,12,15H,3-5,10-11H2,1-2H3,(H,20,22,23). The summed E-state index contributed by atoms with van der Waals surface area (Å²) in [5.74, 6) is 2.73. The van der Waals surface area contributed by atoms with Crippen LogP contribution in [-0.2, 0) is 32.4 Å². The lowest BCUT2D eigenvalue weighted by atomic mass is 10.2. The van der Waals surface area contributed by atoms with Crippen LogP contribution in [0, 0.1) is 0 Å². The maximum absolute atomic E-state index is 12.2. The van der Waals surface area contributed by atoms with Crippen molar-refractivity contribution >= 4 is 55.6 Å². The smallest absolute Gasteiger partial charge is 0.250 e. The van der Waals surface area contributed by atoms with Gasteiger partial charge in [-0.2, -0.15) is 9.97 Å². The Labute approximate surface area is 329 Å². The number of fused-ring (bicyclic) bond motifs is 2. The zero-order valence-corrected chi connectivity index (χ0v) is 33.5. The number of thioether (sulfide) groups is 1. The topological polar surface area (TPSA) is 182 Å². The number of aromatic nitrogens is 8. The SMILES string of the molecule is COc1ccc(CNc2nc(S(C)(=O)=O)nc3c2ncn3C2CCCCO2)cc1.COc1ccc(CNc2nc(SC)nc3c2ncn3C2CCCCO2)cc1. The van der Waals surface area contributed by atoms with Crippen molar-refractivity contribution in [3.05, 3.63) is 72.3 Å². The Hall–Kier alpha value is -5.04. The average molecular weight is 803 g/mol. The molecule has 6 heterocycles. The zero-order valence-electron chi connectivity index (χ0n) is 31.8. The van der Waals surface area contributed by atoms with Gasteiger partial charge in [-0.25, -0.2) is 28.4 Å². The second-order valence-electron chi connectivity index (χ2n) is 13.4. The highest BCUT2D eigenvalue weighted by Gasteiger charge is 2.24. The van der Waals surface area contributed by atoms with E-state index in [4.69, 9.17) is 18.9 Å². The summed E-state index contributed by atoms with van der Waals surface area (Å²) in [7, 11) is -0.312. The molecule has 0 saturated carbocycles. The Morgan fingerprint density at radius 1 is 0.714 bits per heavy atom. The predicted octanol–water partition coefficient (Wildman–Crippen LogP) is 6.42. The van der Waals surface area contributed by atoms with Crippen LogP contribution in [0.2, 0.25) is 0 Å². The molecule has 0 bridgehead atoms. The lowest BCUT2D eigenvalue weighted by Gasteiger charge is -2.23. The number of nitrogens with one attached hydrogen (secondary N) is 2. The van der Waals surface area contributed by atoms with E-state index in [9.17, 15) is 8.42 Å². The summed E-state index contributed by atoms with van der Waals surface area (Å²) < 4.78 is 50.3. The maximum atomic E-state index is 12.2. The van der Waals surface area contributed by atoms with Crippen molar-refractivity contribution in [3.8, 4) is 11.5 Å². The second kappa shape index (κ2) is 17.8. The minimum absolute atomic E-state index is 0.00259. The van der Waals surface area contributed by atoms with Crippen molar-refractivity contribution in [1.82, 2.24) is 39.0 Å². The van der Waals surface area contributed by atoms with Crippen LogP contribution in [0.15, 0.2) is 71.5 Å². The van der Waals surface area contributed by atoms with Crippen molar-refractivity contribution < 1.29 is 27.4 Å². The van der Waals surface area contributed by atoms with Gasteiger partial charge in [0, 0.05) is 32.6 Å². The normalized spacial score (nSPS) is 17.3. The Bertz CT molecular complexity index is 2340. The van der Waals surface area contributed by atoms with Gasteiger partial charge >= 0.3 is 0 Å². The number of methoxy groups -OCH3 is 2. The molecule has 2 saturated heterocycles. The number of sulfone groups is 1. The summed E-state index contributed by atoms with van der Waals surface area (Å²) in [6.45, 7) is 2.55. The number of anilines is 2. The number of nitrogens with zero attached hydrogens (tertiary/aromatic N) is 8. The Morgan fingerprint density at radius 2 is 1.20 bits per heavy atom. The fraction of sp³-hybridized carbons (Fsp3) is 0.421. The Kier molecular flexibility index (Phi) is 12.5. The molecule has 296 valence electrons. The van der Waals surface area contributed by atoms with Gasteiger partial charge in [-0.3, -0.25) is 9.13 Å². The number of ether oxygens (including phenoxy) is 4. The summed E-state index contributed by atoms with van der Waals surface area (Å²) in [6.07, 6.45) is 12.5. The minimum Gasteiger partial charge on any atom is -0.497 e. The molecule has 0 spiro atoms. The van der Waals surface area contributed by atoms with Crippen molar-refractivity contribution in [1.29, 1.82) is 0 Å². The summed E-state index contributed by atoms with van der Waals surface area (Å²) >= 11 is 1.52. The minimum atomic E-state index is -3.59. The van der Waals surface area contributed by atoms with Gasteiger partial charge in [-0.15, -0.1) is 0 Å². The molecule has 2 atom stereocenters. The van der Waals surface area contributed by atoms with Crippen molar-refractivity contribution in [3.63, 3.8) is 0 Å². The van der Waals surface area contributed by atoms with Gasteiger partial charge in [0.1, 0.15) is 24.0 Å². The zero-order chi connectivity index (χ0) is 39.1. The number of hydrogen-bond donors (Lipinski definition) is 2. The Morgan fingerprint density at radius 3 is 1.62 bits per heavy atom. The summed E-state index contributed by atoms with van der Waals surface area (Å²) in [4.78, 5) is 26.8. The lowest BCUT2D eigenvalue weighted by molar-refractivity contribution is -0.0299. The molecule has 0 radical (unpaired) electrons. The molecule has 2 unspecified atom stereocenters. The highest BCUT2D eigenvalue weighted by atomic mass is 32.2. The van der Waals surface area contributed by atoms with Crippen LogP contribution in [-0.4, -0.2) is 87.4 Å². The van der Waals surface area contributed by atoms with E-state index in [0.29, 0.717) is 36.7 Å². The average Bonchev–Trinajstić information content (AvgIpc) is 3.88. The molecular weight excluding hydrogens is 757 g/mol. The van der Waals surface area contributed by atoms with E-state index in [1.54, 1.807) is 25.1 Å². The highest BCUT2D eigenvalue weighted by molar-refractivity contribution is 7.98. The van der Waals surface area contributed by atoms with Crippen LogP contribution >= 0.6 is 11.8 Å². The molecule has 18 heteroatoms. The van der Waals surface area contributed by atoms with Gasteiger partial charge in [0.25, 0.3) is 5.16 Å². The van der Waals surface area contributed by atoms with Crippen LogP contribution < -0.4 is 20.1 Å². The third kappa shape index (κ3) is 9.15. The van der Waals surface area contributed by atoms with Crippen LogP contribution in [0.5, 0.6) is 11.5 Å². The summed E-state index contributed by atoms with van der Waals surface area (Å²) in [5.41, 5.74) is 4.69. The molecular formula is C38H46N10O6S2. The molecule has 2 aliphatic rings. The molecule has 2 aliphatic heterocycles. The fourth-order valence-electron chi connectivity index (χ4n) is 6.46. The van der Waals surface area contributed by atoms with Gasteiger partial charge in [-0.1, -0.05) is 36.0 Å². The van der Waals surface area contributed by atoms with E-state index in [1.807, 2.05) is 65.7 Å². The predicted molar refractivity (Wildman–Crippen MR) is 214 cm³/mol. The quantitative estimate of drug-likeness (QED) is 0.102. The van der Waals surface area contributed by atoms with Crippen LogP contribution in [0.25, 0.3) is 22.3 Å². The first-order valence-electron chi connectivity index (χ1n) is 18.4. The number of imidazole rings is 2. The van der Waals surface area contributed by atoms with Crippen molar-refractivity contribution in [2.24, 2.45) is 0 Å². The molecule has 2 N–H and O–H groups in total. The molecule has 6 aromatic rings. The van der Waals surface area contributed by atoms with Crippen LogP contribution in [0.3, 0.4) is 0 Å². The first-order valence-corrected chi connectivity index (χ1v) is 21.6. The first kappa shape index (κ1) is 39.2. The largest absolute Gasteiger partial charge is 0.497 e. The van der Waals surface area contributed by atoms with E-state index in [0.717, 1.165) is 96.2 Å². The Balaban J connectivity index is 0.000000172. The third-order valence-electron chi connectivity index (χ3n) is 9.49. The van der Waals surface area contributed by atoms with Crippen LogP contribution in [0.1, 0.15) is 62.1 Å². The van der Waals surface area contributed by atoms with Crippen molar-refractivity contribution in [2.45, 2.75) is 74.4 Å².